The first-order valence-electron chi connectivity index (χ1n) is 5.93. The molecule has 1 N–H and O–H groups in total. The first-order valence-corrected chi connectivity index (χ1v) is 6.98. The molecule has 3 nitrogen and oxygen atoms in total. The van der Waals surface area contributed by atoms with Crippen molar-refractivity contribution in [1.29, 1.82) is 0 Å². The second-order valence-electron chi connectivity index (χ2n) is 4.10. The molecule has 0 amide bonds. The molecule has 4 heteroatoms. The maximum Gasteiger partial charge on any atom is 0.143 e. The van der Waals surface area contributed by atoms with Gasteiger partial charge in [-0.25, -0.2) is 9.97 Å². The summed E-state index contributed by atoms with van der Waals surface area (Å²) in [5.74, 6) is 3.27. The van der Waals surface area contributed by atoms with Crippen LogP contribution in [0.5, 0.6) is 0 Å². The fourth-order valence-corrected chi connectivity index (χ4v) is 3.38. The lowest BCUT2D eigenvalue weighted by Gasteiger charge is -2.14. The molecule has 2 heterocycles. The summed E-state index contributed by atoms with van der Waals surface area (Å²) in [7, 11) is 1.94. The normalized spacial score (nSPS) is 20.1. The van der Waals surface area contributed by atoms with Crippen molar-refractivity contribution in [2.45, 2.75) is 38.4 Å². The number of aromatic nitrogens is 2. The smallest absolute Gasteiger partial charge is 0.143 e. The molecular formula is C12H19N3S. The second kappa shape index (κ2) is 5.04. The van der Waals surface area contributed by atoms with Crippen molar-refractivity contribution in [2.75, 3.05) is 18.1 Å². The van der Waals surface area contributed by atoms with Gasteiger partial charge in [0.15, 0.2) is 0 Å². The molecule has 1 saturated heterocycles. The van der Waals surface area contributed by atoms with Crippen molar-refractivity contribution in [3.63, 3.8) is 0 Å². The molecule has 1 aromatic rings. The summed E-state index contributed by atoms with van der Waals surface area (Å²) >= 11 is 1.98. The quantitative estimate of drug-likeness (QED) is 0.877. The minimum absolute atomic E-state index is 0.511. The van der Waals surface area contributed by atoms with Gasteiger partial charge >= 0.3 is 0 Å². The maximum absolute atomic E-state index is 4.66. The average Bonchev–Trinajstić information content (AvgIpc) is 2.81. The van der Waals surface area contributed by atoms with Crippen LogP contribution in [0.3, 0.4) is 0 Å². The first kappa shape index (κ1) is 11.7. The summed E-state index contributed by atoms with van der Waals surface area (Å²) in [5.41, 5.74) is 2.37. The van der Waals surface area contributed by atoms with Crippen molar-refractivity contribution < 1.29 is 0 Å². The Bertz CT molecular complexity index is 373. The fraction of sp³-hybridized carbons (Fsp3) is 0.667. The number of nitrogens with zero attached hydrogens (tertiary/aromatic N) is 2. The number of nitrogens with one attached hydrogen (secondary N) is 1. The zero-order valence-electron chi connectivity index (χ0n) is 10.2. The number of hydrogen-bond acceptors (Lipinski definition) is 4. The van der Waals surface area contributed by atoms with Crippen molar-refractivity contribution in [2.24, 2.45) is 0 Å². The highest BCUT2D eigenvalue weighted by Gasteiger charge is 2.22. The topological polar surface area (TPSA) is 37.8 Å². The lowest BCUT2D eigenvalue weighted by atomic mass is 10.1. The van der Waals surface area contributed by atoms with E-state index in [-0.39, 0.29) is 0 Å². The van der Waals surface area contributed by atoms with E-state index in [1.54, 1.807) is 0 Å². The predicted octanol–water partition coefficient (Wildman–Crippen LogP) is 2.96. The molecule has 1 aliphatic rings. The number of rotatable bonds is 3. The zero-order valence-corrected chi connectivity index (χ0v) is 11.0. The number of hydrogen-bond donors (Lipinski definition) is 1. The average molecular weight is 237 g/mol. The Morgan fingerprint density at radius 2 is 2.25 bits per heavy atom. The van der Waals surface area contributed by atoms with E-state index in [4.69, 9.17) is 0 Å². The highest BCUT2D eigenvalue weighted by molar-refractivity contribution is 7.99. The van der Waals surface area contributed by atoms with Gasteiger partial charge < -0.3 is 5.32 Å². The molecule has 0 saturated carbocycles. The zero-order chi connectivity index (χ0) is 11.5. The van der Waals surface area contributed by atoms with Crippen LogP contribution in [0.2, 0.25) is 0 Å². The van der Waals surface area contributed by atoms with Gasteiger partial charge in [-0.1, -0.05) is 6.92 Å². The lowest BCUT2D eigenvalue weighted by molar-refractivity contribution is 0.767. The van der Waals surface area contributed by atoms with E-state index in [0.29, 0.717) is 5.25 Å². The highest BCUT2D eigenvalue weighted by atomic mass is 32.2. The van der Waals surface area contributed by atoms with E-state index in [1.807, 2.05) is 18.8 Å². The van der Waals surface area contributed by atoms with Crippen LogP contribution in [0.15, 0.2) is 0 Å². The lowest BCUT2D eigenvalue weighted by Crippen LogP contribution is -2.08. The molecule has 2 rings (SSSR count). The Kier molecular flexibility index (Phi) is 3.69. The molecule has 0 bridgehead atoms. The molecule has 88 valence electrons. The summed E-state index contributed by atoms with van der Waals surface area (Å²) in [6.45, 7) is 4.24. The first-order chi connectivity index (χ1) is 7.76. The highest BCUT2D eigenvalue weighted by Crippen LogP contribution is 2.38. The van der Waals surface area contributed by atoms with Gasteiger partial charge in [0.25, 0.3) is 0 Å². The van der Waals surface area contributed by atoms with E-state index < -0.39 is 0 Å². The Morgan fingerprint density at radius 3 is 2.81 bits per heavy atom. The molecule has 1 unspecified atom stereocenters. The van der Waals surface area contributed by atoms with Crippen LogP contribution in [0.25, 0.3) is 0 Å². The molecule has 0 spiro atoms. The monoisotopic (exact) mass is 237 g/mol. The van der Waals surface area contributed by atoms with E-state index in [1.165, 1.54) is 24.2 Å². The Labute approximate surface area is 101 Å². The summed E-state index contributed by atoms with van der Waals surface area (Å²) in [4.78, 5) is 9.32. The predicted molar refractivity (Wildman–Crippen MR) is 70.1 cm³/mol. The van der Waals surface area contributed by atoms with Gasteiger partial charge in [0.2, 0.25) is 0 Å². The van der Waals surface area contributed by atoms with Crippen LogP contribution < -0.4 is 5.32 Å². The third-order valence-corrected chi connectivity index (χ3v) is 4.41. The van der Waals surface area contributed by atoms with Crippen molar-refractivity contribution in [1.82, 2.24) is 9.97 Å². The Balaban J connectivity index is 2.36. The maximum atomic E-state index is 4.66. The Morgan fingerprint density at radius 1 is 1.44 bits per heavy atom. The van der Waals surface area contributed by atoms with Gasteiger partial charge in [-0.3, -0.25) is 0 Å². The van der Waals surface area contributed by atoms with Crippen LogP contribution >= 0.6 is 11.8 Å². The minimum Gasteiger partial charge on any atom is -0.373 e. The molecule has 0 aromatic carbocycles. The minimum atomic E-state index is 0.511. The van der Waals surface area contributed by atoms with Gasteiger partial charge in [0.1, 0.15) is 11.6 Å². The van der Waals surface area contributed by atoms with Crippen molar-refractivity contribution >= 4 is 17.6 Å². The van der Waals surface area contributed by atoms with E-state index >= 15 is 0 Å². The van der Waals surface area contributed by atoms with Crippen molar-refractivity contribution in [3.05, 3.63) is 17.1 Å². The summed E-state index contributed by atoms with van der Waals surface area (Å²) in [6.07, 6.45) is 3.50. The van der Waals surface area contributed by atoms with Gasteiger partial charge in [-0.15, -0.1) is 0 Å². The van der Waals surface area contributed by atoms with E-state index in [9.17, 15) is 0 Å². The standard InChI is InChI=1S/C12H19N3S/c1-4-9-8(2)14-12(15-11(9)13-3)10-6-5-7-16-10/h10H,4-7H2,1-3H3,(H,13,14,15). The molecule has 1 aliphatic heterocycles. The van der Waals surface area contributed by atoms with Gasteiger partial charge in [-0.05, 0) is 31.9 Å². The second-order valence-corrected chi connectivity index (χ2v) is 5.41. The largest absolute Gasteiger partial charge is 0.373 e. The van der Waals surface area contributed by atoms with Gasteiger partial charge in [-0.2, -0.15) is 11.8 Å². The van der Waals surface area contributed by atoms with Gasteiger partial charge in [0.05, 0.1) is 5.25 Å². The van der Waals surface area contributed by atoms with E-state index in [0.717, 1.165) is 23.8 Å². The molecular weight excluding hydrogens is 218 g/mol. The fourth-order valence-electron chi connectivity index (χ4n) is 2.17. The summed E-state index contributed by atoms with van der Waals surface area (Å²) < 4.78 is 0. The molecule has 0 radical (unpaired) electrons. The number of thioether (sulfide) groups is 1. The van der Waals surface area contributed by atoms with Gasteiger partial charge in [0, 0.05) is 18.3 Å². The SMILES string of the molecule is CCc1c(C)nc(C2CCCS2)nc1NC. The molecule has 16 heavy (non-hydrogen) atoms. The summed E-state index contributed by atoms with van der Waals surface area (Å²) in [5, 5.41) is 3.70. The Hall–Kier alpha value is -0.770. The van der Waals surface area contributed by atoms with E-state index in [2.05, 4.69) is 29.1 Å². The third kappa shape index (κ3) is 2.17. The molecule has 0 aliphatic carbocycles. The number of aryl methyl sites for hydroxylation is 1. The summed E-state index contributed by atoms with van der Waals surface area (Å²) in [6, 6.07) is 0. The van der Waals surface area contributed by atoms with Crippen molar-refractivity contribution in [3.8, 4) is 0 Å². The number of anilines is 1. The molecule has 1 fully saturated rings. The molecule has 1 aromatic heterocycles. The van der Waals surface area contributed by atoms with Crippen LogP contribution in [0.1, 0.15) is 42.1 Å². The van der Waals surface area contributed by atoms with Crippen LogP contribution in [0.4, 0.5) is 5.82 Å². The van der Waals surface area contributed by atoms with Crippen LogP contribution in [-0.4, -0.2) is 22.8 Å². The van der Waals surface area contributed by atoms with Crippen LogP contribution in [0, 0.1) is 6.92 Å². The molecule has 1 atom stereocenters. The third-order valence-electron chi connectivity index (χ3n) is 3.04. The van der Waals surface area contributed by atoms with Crippen LogP contribution in [-0.2, 0) is 6.42 Å².